The van der Waals surface area contributed by atoms with Crippen LogP contribution in [0, 0.1) is 0 Å². The molecule has 3 N–H and O–H groups in total. The van der Waals surface area contributed by atoms with Crippen LogP contribution in [0.15, 0.2) is 24.3 Å². The van der Waals surface area contributed by atoms with E-state index in [2.05, 4.69) is 12.2 Å². The second-order valence-corrected chi connectivity index (χ2v) is 4.99. The van der Waals surface area contributed by atoms with Gasteiger partial charge in [0.1, 0.15) is 5.75 Å². The van der Waals surface area contributed by atoms with Crippen molar-refractivity contribution in [2.24, 2.45) is 5.73 Å². The number of ether oxygens (including phenoxy) is 1. The molecule has 0 aromatic heterocycles. The number of hydrogen-bond acceptors (Lipinski definition) is 3. The first-order chi connectivity index (χ1) is 9.62. The van der Waals surface area contributed by atoms with Crippen LogP contribution in [0.4, 0.5) is 0 Å². The molecule has 2 unspecified atom stereocenters. The molecule has 0 fully saturated rings. The highest BCUT2D eigenvalue weighted by Gasteiger charge is 2.17. The van der Waals surface area contributed by atoms with Crippen LogP contribution in [0.25, 0.3) is 0 Å². The highest BCUT2D eigenvalue weighted by molar-refractivity contribution is 5.81. The minimum atomic E-state index is -0.415. The zero-order valence-corrected chi connectivity index (χ0v) is 12.7. The minimum Gasteiger partial charge on any atom is -0.497 e. The van der Waals surface area contributed by atoms with Crippen molar-refractivity contribution in [2.45, 2.75) is 51.6 Å². The van der Waals surface area contributed by atoms with E-state index >= 15 is 0 Å². The zero-order valence-electron chi connectivity index (χ0n) is 12.7. The van der Waals surface area contributed by atoms with Gasteiger partial charge in [0, 0.05) is 0 Å². The Bertz CT molecular complexity index is 403. The summed E-state index contributed by atoms with van der Waals surface area (Å²) in [5, 5.41) is 3.02. The Morgan fingerprint density at radius 3 is 2.45 bits per heavy atom. The maximum absolute atomic E-state index is 12.1. The number of nitrogens with one attached hydrogen (secondary N) is 1. The van der Waals surface area contributed by atoms with Crippen molar-refractivity contribution < 1.29 is 9.53 Å². The zero-order chi connectivity index (χ0) is 15.0. The van der Waals surface area contributed by atoms with Crippen molar-refractivity contribution in [1.82, 2.24) is 5.32 Å². The molecule has 0 bridgehead atoms. The Hall–Kier alpha value is -1.55. The first kappa shape index (κ1) is 16.5. The molecule has 0 saturated heterocycles. The van der Waals surface area contributed by atoms with Crippen LogP contribution < -0.4 is 15.8 Å². The number of hydrogen-bond donors (Lipinski definition) is 2. The lowest BCUT2D eigenvalue weighted by atomic mass is 10.0. The molecule has 20 heavy (non-hydrogen) atoms. The molecular weight excluding hydrogens is 252 g/mol. The van der Waals surface area contributed by atoms with Crippen LogP contribution in [0.2, 0.25) is 0 Å². The Balaban J connectivity index is 2.63. The van der Waals surface area contributed by atoms with Crippen LogP contribution >= 0.6 is 0 Å². The summed E-state index contributed by atoms with van der Waals surface area (Å²) in [6, 6.07) is 7.35. The lowest BCUT2D eigenvalue weighted by Gasteiger charge is -2.20. The molecule has 1 rings (SSSR count). The third kappa shape index (κ3) is 4.85. The summed E-state index contributed by atoms with van der Waals surface area (Å²) in [6.07, 6.45) is 3.60. The monoisotopic (exact) mass is 278 g/mol. The van der Waals surface area contributed by atoms with Gasteiger partial charge in [-0.3, -0.25) is 4.79 Å². The third-order valence-electron chi connectivity index (χ3n) is 3.45. The molecule has 4 heteroatoms. The fourth-order valence-corrected chi connectivity index (χ4v) is 2.09. The molecule has 0 radical (unpaired) electrons. The van der Waals surface area contributed by atoms with Crippen LogP contribution in [-0.2, 0) is 4.79 Å². The second-order valence-electron chi connectivity index (χ2n) is 4.99. The van der Waals surface area contributed by atoms with Gasteiger partial charge in [-0.2, -0.15) is 0 Å². The lowest BCUT2D eigenvalue weighted by Crippen LogP contribution is -2.42. The largest absolute Gasteiger partial charge is 0.497 e. The van der Waals surface area contributed by atoms with Crippen molar-refractivity contribution in [1.29, 1.82) is 0 Å². The maximum atomic E-state index is 12.1. The maximum Gasteiger partial charge on any atom is 0.237 e. The van der Waals surface area contributed by atoms with Crippen LogP contribution in [0.5, 0.6) is 5.75 Å². The fraction of sp³-hybridized carbons (Fsp3) is 0.562. The number of carbonyl (C=O) groups excluding carboxylic acids is 1. The summed E-state index contributed by atoms with van der Waals surface area (Å²) in [7, 11) is 1.64. The molecule has 4 nitrogen and oxygen atoms in total. The standard InChI is InChI=1S/C16H26N2O2/c1-4-6-7-14(17)16(19)18-15(5-2)12-8-10-13(20-3)11-9-12/h8-11,14-15H,4-7,17H2,1-3H3,(H,18,19). The van der Waals surface area contributed by atoms with E-state index in [-0.39, 0.29) is 11.9 Å². The van der Waals surface area contributed by atoms with Crippen molar-refractivity contribution in [3.63, 3.8) is 0 Å². The number of amides is 1. The van der Waals surface area contributed by atoms with E-state index in [1.807, 2.05) is 31.2 Å². The molecule has 1 aromatic rings. The number of carbonyl (C=O) groups is 1. The van der Waals surface area contributed by atoms with Gasteiger partial charge in [-0.15, -0.1) is 0 Å². The average Bonchev–Trinajstić information content (AvgIpc) is 2.50. The Morgan fingerprint density at radius 2 is 1.95 bits per heavy atom. The molecule has 1 amide bonds. The molecular formula is C16H26N2O2. The fourth-order valence-electron chi connectivity index (χ4n) is 2.09. The van der Waals surface area contributed by atoms with Crippen LogP contribution in [0.1, 0.15) is 51.1 Å². The number of nitrogens with two attached hydrogens (primary N) is 1. The van der Waals surface area contributed by atoms with E-state index in [0.29, 0.717) is 0 Å². The van der Waals surface area contributed by atoms with E-state index in [4.69, 9.17) is 10.5 Å². The predicted molar refractivity (Wildman–Crippen MR) is 81.7 cm³/mol. The summed E-state index contributed by atoms with van der Waals surface area (Å²) in [6.45, 7) is 4.14. The minimum absolute atomic E-state index is 0.00100. The van der Waals surface area contributed by atoms with Crippen LogP contribution in [-0.4, -0.2) is 19.1 Å². The molecule has 2 atom stereocenters. The van der Waals surface area contributed by atoms with Gasteiger partial charge in [0.15, 0.2) is 0 Å². The summed E-state index contributed by atoms with van der Waals surface area (Å²) in [5.74, 6) is 0.746. The van der Waals surface area contributed by atoms with E-state index in [0.717, 1.165) is 37.0 Å². The van der Waals surface area contributed by atoms with E-state index in [1.165, 1.54) is 0 Å². The van der Waals surface area contributed by atoms with Gasteiger partial charge in [-0.05, 0) is 30.5 Å². The second kappa shape index (κ2) is 8.59. The summed E-state index contributed by atoms with van der Waals surface area (Å²) in [5.41, 5.74) is 6.97. The van der Waals surface area contributed by atoms with E-state index in [9.17, 15) is 4.79 Å². The SMILES string of the molecule is CCCCC(N)C(=O)NC(CC)c1ccc(OC)cc1. The highest BCUT2D eigenvalue weighted by atomic mass is 16.5. The van der Waals surface area contributed by atoms with Gasteiger partial charge in [0.05, 0.1) is 19.2 Å². The topological polar surface area (TPSA) is 64.4 Å². The van der Waals surface area contributed by atoms with Crippen LogP contribution in [0.3, 0.4) is 0 Å². The molecule has 0 saturated carbocycles. The number of methoxy groups -OCH3 is 1. The smallest absolute Gasteiger partial charge is 0.237 e. The molecule has 0 aliphatic carbocycles. The van der Waals surface area contributed by atoms with Gasteiger partial charge in [0.2, 0.25) is 5.91 Å². The lowest BCUT2D eigenvalue weighted by molar-refractivity contribution is -0.123. The van der Waals surface area contributed by atoms with Crippen molar-refractivity contribution in [2.75, 3.05) is 7.11 Å². The van der Waals surface area contributed by atoms with Gasteiger partial charge < -0.3 is 15.8 Å². The van der Waals surface area contributed by atoms with E-state index < -0.39 is 6.04 Å². The third-order valence-corrected chi connectivity index (χ3v) is 3.45. The Labute approximate surface area is 121 Å². The number of unbranched alkanes of at least 4 members (excludes halogenated alkanes) is 1. The first-order valence-electron chi connectivity index (χ1n) is 7.32. The van der Waals surface area contributed by atoms with Gasteiger partial charge in [-0.25, -0.2) is 0 Å². The van der Waals surface area contributed by atoms with E-state index in [1.54, 1.807) is 7.11 Å². The van der Waals surface area contributed by atoms with Crippen molar-refractivity contribution in [3.05, 3.63) is 29.8 Å². The Kier molecular flexibility index (Phi) is 7.09. The molecule has 0 heterocycles. The summed E-state index contributed by atoms with van der Waals surface area (Å²) < 4.78 is 5.14. The quantitative estimate of drug-likeness (QED) is 0.768. The van der Waals surface area contributed by atoms with Crippen molar-refractivity contribution in [3.8, 4) is 5.75 Å². The molecule has 1 aromatic carbocycles. The highest BCUT2D eigenvalue weighted by Crippen LogP contribution is 2.20. The van der Waals surface area contributed by atoms with Crippen molar-refractivity contribution >= 4 is 5.91 Å². The predicted octanol–water partition coefficient (Wildman–Crippen LogP) is 2.78. The van der Waals surface area contributed by atoms with Gasteiger partial charge in [0.25, 0.3) is 0 Å². The first-order valence-corrected chi connectivity index (χ1v) is 7.32. The number of rotatable bonds is 8. The molecule has 0 aliphatic rings. The molecule has 0 aliphatic heterocycles. The number of benzene rings is 1. The molecule has 0 spiro atoms. The average molecular weight is 278 g/mol. The van der Waals surface area contributed by atoms with Gasteiger partial charge in [-0.1, -0.05) is 38.8 Å². The molecule has 112 valence electrons. The normalized spacial score (nSPS) is 13.6. The summed E-state index contributed by atoms with van der Waals surface area (Å²) >= 11 is 0. The Morgan fingerprint density at radius 1 is 1.30 bits per heavy atom. The van der Waals surface area contributed by atoms with Gasteiger partial charge >= 0.3 is 0 Å². The summed E-state index contributed by atoms with van der Waals surface area (Å²) in [4.78, 5) is 12.1.